The van der Waals surface area contributed by atoms with Gasteiger partial charge in [0, 0.05) is 31.7 Å². The Labute approximate surface area is 229 Å². The lowest BCUT2D eigenvalue weighted by Crippen LogP contribution is -2.38. The third-order valence-corrected chi connectivity index (χ3v) is 7.06. The lowest BCUT2D eigenvalue weighted by Gasteiger charge is -2.29. The second-order valence-electron chi connectivity index (χ2n) is 10.4. The van der Waals surface area contributed by atoms with Gasteiger partial charge in [-0.1, -0.05) is 19.9 Å². The molecule has 0 bridgehead atoms. The fourth-order valence-electron chi connectivity index (χ4n) is 4.98. The highest BCUT2D eigenvalue weighted by molar-refractivity contribution is 6.46. The SMILES string of the molecule is COc1cc([C@@H]2/C(=C(\O)c3ccc(OCC(C)C)c(C)c3)C(=O)C(=O)N2CCCN2CCOCC2)ccc1O. The number of hydrogen-bond donors (Lipinski definition) is 2. The first kappa shape index (κ1) is 28.4. The van der Waals surface area contributed by atoms with E-state index in [2.05, 4.69) is 18.7 Å². The van der Waals surface area contributed by atoms with Gasteiger partial charge in [0.1, 0.15) is 11.5 Å². The lowest BCUT2D eigenvalue weighted by atomic mass is 9.94. The molecule has 2 saturated heterocycles. The number of morpholine rings is 1. The van der Waals surface area contributed by atoms with E-state index in [0.717, 1.165) is 25.2 Å². The number of aryl methyl sites for hydroxylation is 1. The Morgan fingerprint density at radius 2 is 1.82 bits per heavy atom. The van der Waals surface area contributed by atoms with Crippen LogP contribution in [0.15, 0.2) is 42.0 Å². The Hall–Kier alpha value is -3.56. The van der Waals surface area contributed by atoms with Gasteiger partial charge < -0.3 is 29.3 Å². The van der Waals surface area contributed by atoms with Gasteiger partial charge in [-0.2, -0.15) is 0 Å². The molecular formula is C30H38N2O7. The molecule has 9 heteroatoms. The van der Waals surface area contributed by atoms with Crippen LogP contribution >= 0.6 is 0 Å². The van der Waals surface area contributed by atoms with Crippen LogP contribution in [0.3, 0.4) is 0 Å². The van der Waals surface area contributed by atoms with Gasteiger partial charge in [0.2, 0.25) is 0 Å². The molecule has 4 rings (SSSR count). The van der Waals surface area contributed by atoms with Crippen LogP contribution in [0, 0.1) is 12.8 Å². The first-order chi connectivity index (χ1) is 18.7. The average Bonchev–Trinajstić information content (AvgIpc) is 3.17. The number of aliphatic hydroxyl groups excluding tert-OH is 1. The van der Waals surface area contributed by atoms with Gasteiger partial charge in [0.05, 0.1) is 38.5 Å². The largest absolute Gasteiger partial charge is 0.507 e. The van der Waals surface area contributed by atoms with Crippen molar-refractivity contribution in [3.8, 4) is 17.2 Å². The molecule has 2 fully saturated rings. The van der Waals surface area contributed by atoms with Gasteiger partial charge in [-0.25, -0.2) is 0 Å². The van der Waals surface area contributed by atoms with Crippen molar-refractivity contribution >= 4 is 17.4 Å². The van der Waals surface area contributed by atoms with E-state index in [1.165, 1.54) is 18.1 Å². The summed E-state index contributed by atoms with van der Waals surface area (Å²) in [5, 5.41) is 21.6. The van der Waals surface area contributed by atoms with Gasteiger partial charge in [0.15, 0.2) is 11.5 Å². The van der Waals surface area contributed by atoms with Crippen LogP contribution in [0.25, 0.3) is 5.76 Å². The number of hydrogen-bond acceptors (Lipinski definition) is 8. The first-order valence-electron chi connectivity index (χ1n) is 13.4. The Morgan fingerprint density at radius 3 is 2.49 bits per heavy atom. The van der Waals surface area contributed by atoms with E-state index in [1.807, 2.05) is 6.92 Å². The van der Waals surface area contributed by atoms with Gasteiger partial charge in [-0.15, -0.1) is 0 Å². The van der Waals surface area contributed by atoms with Crippen LogP contribution in [0.1, 0.15) is 43.0 Å². The number of nitrogens with zero attached hydrogens (tertiary/aromatic N) is 2. The van der Waals surface area contributed by atoms with Crippen LogP contribution in [0.5, 0.6) is 17.2 Å². The second-order valence-corrected chi connectivity index (χ2v) is 10.4. The first-order valence-corrected chi connectivity index (χ1v) is 13.4. The Morgan fingerprint density at radius 1 is 1.08 bits per heavy atom. The maximum absolute atomic E-state index is 13.4. The zero-order chi connectivity index (χ0) is 28.1. The number of phenols is 1. The Bertz CT molecular complexity index is 1230. The molecule has 0 saturated carbocycles. The van der Waals surface area contributed by atoms with Gasteiger partial charge in [-0.05, 0) is 60.7 Å². The van der Waals surface area contributed by atoms with Crippen LogP contribution in [-0.4, -0.2) is 84.8 Å². The standard InChI is InChI=1S/C30H38N2O7/c1-19(2)18-39-24-9-7-22(16-20(24)3)28(34)26-27(21-6-8-23(33)25(17-21)37-4)32(30(36)29(26)35)11-5-10-31-12-14-38-15-13-31/h6-9,16-17,19,27,33-34H,5,10-15,18H2,1-4H3/b28-26+/t27-/m1/s1. The van der Waals surface area contributed by atoms with Crippen molar-refractivity contribution < 1.29 is 34.0 Å². The predicted molar refractivity (Wildman–Crippen MR) is 147 cm³/mol. The van der Waals surface area contributed by atoms with Crippen LogP contribution < -0.4 is 9.47 Å². The molecule has 2 N–H and O–H groups in total. The molecular weight excluding hydrogens is 500 g/mol. The molecule has 1 amide bonds. The normalized spacial score (nSPS) is 19.6. The molecule has 0 aromatic heterocycles. The molecule has 0 aliphatic carbocycles. The van der Waals surface area contributed by atoms with Gasteiger partial charge in [0.25, 0.3) is 11.7 Å². The highest BCUT2D eigenvalue weighted by Gasteiger charge is 2.46. The van der Waals surface area contributed by atoms with Crippen molar-refractivity contribution in [1.29, 1.82) is 0 Å². The molecule has 1 atom stereocenters. The summed E-state index contributed by atoms with van der Waals surface area (Å²) in [5.74, 6) is -0.438. The number of ether oxygens (including phenoxy) is 3. The summed E-state index contributed by atoms with van der Waals surface area (Å²) in [7, 11) is 1.43. The maximum atomic E-state index is 13.4. The van der Waals surface area contributed by atoms with Crippen molar-refractivity contribution in [2.75, 3.05) is 53.1 Å². The summed E-state index contributed by atoms with van der Waals surface area (Å²) in [5.41, 5.74) is 1.80. The van der Waals surface area contributed by atoms with E-state index in [4.69, 9.17) is 14.2 Å². The van der Waals surface area contributed by atoms with E-state index in [0.29, 0.717) is 55.6 Å². The van der Waals surface area contributed by atoms with Crippen molar-refractivity contribution in [2.24, 2.45) is 5.92 Å². The highest BCUT2D eigenvalue weighted by Crippen LogP contribution is 2.42. The average molecular weight is 539 g/mol. The number of phenolic OH excluding ortho intramolecular Hbond substituents is 1. The number of rotatable bonds is 10. The summed E-state index contributed by atoms with van der Waals surface area (Å²) in [6, 6.07) is 9.09. The second kappa shape index (κ2) is 12.5. The molecule has 0 radical (unpaired) electrons. The molecule has 2 aromatic carbocycles. The molecule has 0 unspecified atom stereocenters. The topological polar surface area (TPSA) is 109 Å². The minimum Gasteiger partial charge on any atom is -0.507 e. The summed E-state index contributed by atoms with van der Waals surface area (Å²) in [4.78, 5) is 30.5. The maximum Gasteiger partial charge on any atom is 0.295 e. The number of benzene rings is 2. The molecule has 2 aliphatic rings. The smallest absolute Gasteiger partial charge is 0.295 e. The molecule has 39 heavy (non-hydrogen) atoms. The summed E-state index contributed by atoms with van der Waals surface area (Å²) < 4.78 is 16.6. The van der Waals surface area contributed by atoms with E-state index >= 15 is 0 Å². The molecule has 2 aliphatic heterocycles. The minimum absolute atomic E-state index is 0.00867. The zero-order valence-corrected chi connectivity index (χ0v) is 23.1. The Kier molecular flexibility index (Phi) is 9.14. The van der Waals surface area contributed by atoms with Crippen LogP contribution in [0.4, 0.5) is 0 Å². The third-order valence-electron chi connectivity index (χ3n) is 7.06. The number of likely N-dealkylation sites (tertiary alicyclic amines) is 1. The number of methoxy groups -OCH3 is 1. The summed E-state index contributed by atoms with van der Waals surface area (Å²) in [6.45, 7) is 10.7. The quantitative estimate of drug-likeness (QED) is 0.267. The van der Waals surface area contributed by atoms with Crippen molar-refractivity contribution in [2.45, 2.75) is 33.2 Å². The van der Waals surface area contributed by atoms with Crippen molar-refractivity contribution in [3.63, 3.8) is 0 Å². The minimum atomic E-state index is -0.832. The highest BCUT2D eigenvalue weighted by atomic mass is 16.5. The molecule has 2 aromatic rings. The van der Waals surface area contributed by atoms with E-state index in [9.17, 15) is 19.8 Å². The lowest BCUT2D eigenvalue weighted by molar-refractivity contribution is -0.140. The number of Topliss-reactive ketones (excluding diaryl/α,β-unsaturated/α-hetero) is 1. The molecule has 9 nitrogen and oxygen atoms in total. The van der Waals surface area contributed by atoms with Crippen LogP contribution in [0.2, 0.25) is 0 Å². The predicted octanol–water partition coefficient (Wildman–Crippen LogP) is 3.89. The number of aromatic hydroxyl groups is 1. The fourth-order valence-corrected chi connectivity index (χ4v) is 4.98. The van der Waals surface area contributed by atoms with E-state index < -0.39 is 17.7 Å². The Balaban J connectivity index is 1.70. The molecule has 2 heterocycles. The van der Waals surface area contributed by atoms with Crippen LogP contribution in [-0.2, 0) is 14.3 Å². The van der Waals surface area contributed by atoms with E-state index in [-0.39, 0.29) is 22.8 Å². The van der Waals surface area contributed by atoms with Crippen molar-refractivity contribution in [1.82, 2.24) is 9.80 Å². The number of ketones is 1. The van der Waals surface area contributed by atoms with Gasteiger partial charge in [-0.3, -0.25) is 14.5 Å². The van der Waals surface area contributed by atoms with Crippen molar-refractivity contribution in [3.05, 3.63) is 58.7 Å². The molecule has 210 valence electrons. The van der Waals surface area contributed by atoms with E-state index in [1.54, 1.807) is 30.3 Å². The number of carbonyl (C=O) groups is 2. The zero-order valence-electron chi connectivity index (χ0n) is 23.1. The monoisotopic (exact) mass is 538 g/mol. The fraction of sp³-hybridized carbons (Fsp3) is 0.467. The third kappa shape index (κ3) is 6.37. The molecule has 0 spiro atoms. The number of amides is 1. The van der Waals surface area contributed by atoms with Gasteiger partial charge >= 0.3 is 0 Å². The number of carbonyl (C=O) groups excluding carboxylic acids is 2. The summed E-state index contributed by atoms with van der Waals surface area (Å²) >= 11 is 0. The summed E-state index contributed by atoms with van der Waals surface area (Å²) in [6.07, 6.45) is 0.653. The number of aliphatic hydroxyl groups is 1.